The van der Waals surface area contributed by atoms with E-state index in [0.29, 0.717) is 12.0 Å². The molecule has 2 saturated heterocycles. The van der Waals surface area contributed by atoms with Crippen LogP contribution in [0.1, 0.15) is 56.8 Å². The monoisotopic (exact) mass is 356 g/mol. The average Bonchev–Trinajstić information content (AvgIpc) is 2.57. The second-order valence-electron chi connectivity index (χ2n) is 8.73. The molecule has 1 aromatic rings. The fraction of sp³-hybridized carbons (Fsp3) is 0.571. The lowest BCUT2D eigenvalue weighted by Gasteiger charge is -2.59. The topological polar surface area (TPSA) is 69.7 Å². The number of esters is 2. The molecule has 5 heteroatoms. The lowest BCUT2D eigenvalue weighted by Crippen LogP contribution is -2.68. The van der Waals surface area contributed by atoms with Crippen molar-refractivity contribution >= 4 is 17.7 Å². The van der Waals surface area contributed by atoms with Crippen molar-refractivity contribution in [2.45, 2.75) is 57.7 Å². The van der Waals surface area contributed by atoms with E-state index in [2.05, 4.69) is 0 Å². The summed E-state index contributed by atoms with van der Waals surface area (Å²) in [5, 5.41) is 0. The Morgan fingerprint density at radius 3 is 2.38 bits per heavy atom. The third kappa shape index (κ3) is 2.32. The third-order valence-corrected chi connectivity index (χ3v) is 6.61. The molecule has 1 saturated carbocycles. The fourth-order valence-electron chi connectivity index (χ4n) is 5.18. The molecule has 1 aliphatic carbocycles. The maximum Gasteiger partial charge on any atom is 0.324 e. The Morgan fingerprint density at radius 1 is 1.04 bits per heavy atom. The first-order chi connectivity index (χ1) is 12.2. The second-order valence-corrected chi connectivity index (χ2v) is 8.73. The molecule has 2 aliphatic heterocycles. The Labute approximate surface area is 153 Å². The molecule has 0 unspecified atom stereocenters. The van der Waals surface area contributed by atoms with E-state index in [1.807, 2.05) is 26.8 Å². The van der Waals surface area contributed by atoms with Crippen LogP contribution in [0.5, 0.6) is 0 Å². The SMILES string of the molecule is CC1(C)OC(=O)[C@@]2(CC(=O)c3ccccc3)C(=O)O[C@]3(C)CC[C@H]1[C@H]2C3. The van der Waals surface area contributed by atoms with Gasteiger partial charge in [0, 0.05) is 17.9 Å². The second kappa shape index (κ2) is 5.41. The van der Waals surface area contributed by atoms with Crippen LogP contribution in [-0.2, 0) is 19.1 Å². The summed E-state index contributed by atoms with van der Waals surface area (Å²) >= 11 is 0. The molecule has 0 N–H and O–H groups in total. The lowest BCUT2D eigenvalue weighted by molar-refractivity contribution is -0.249. The summed E-state index contributed by atoms with van der Waals surface area (Å²) < 4.78 is 11.4. The van der Waals surface area contributed by atoms with Crippen LogP contribution in [0.25, 0.3) is 0 Å². The smallest absolute Gasteiger partial charge is 0.324 e. The minimum absolute atomic E-state index is 0.0460. The zero-order valence-electron chi connectivity index (χ0n) is 15.4. The highest BCUT2D eigenvalue weighted by atomic mass is 16.6. The van der Waals surface area contributed by atoms with Gasteiger partial charge in [0.2, 0.25) is 0 Å². The van der Waals surface area contributed by atoms with Crippen molar-refractivity contribution in [1.82, 2.24) is 0 Å². The summed E-state index contributed by atoms with van der Waals surface area (Å²) in [6.07, 6.45) is 1.98. The Kier molecular flexibility index (Phi) is 3.59. The van der Waals surface area contributed by atoms with E-state index in [9.17, 15) is 14.4 Å². The number of carbonyl (C=O) groups excluding carboxylic acids is 3. The molecule has 2 heterocycles. The molecule has 138 valence electrons. The third-order valence-electron chi connectivity index (χ3n) is 6.61. The van der Waals surface area contributed by atoms with Gasteiger partial charge in [0.1, 0.15) is 11.2 Å². The van der Waals surface area contributed by atoms with Crippen molar-refractivity contribution < 1.29 is 23.9 Å². The largest absolute Gasteiger partial charge is 0.458 e. The lowest BCUT2D eigenvalue weighted by atomic mass is 9.52. The van der Waals surface area contributed by atoms with Gasteiger partial charge in [-0.15, -0.1) is 0 Å². The number of hydrogen-bond acceptors (Lipinski definition) is 5. The van der Waals surface area contributed by atoms with Crippen LogP contribution in [0.2, 0.25) is 0 Å². The molecule has 5 nitrogen and oxygen atoms in total. The van der Waals surface area contributed by atoms with Gasteiger partial charge < -0.3 is 9.47 Å². The zero-order chi connectivity index (χ0) is 18.7. The first kappa shape index (κ1) is 17.3. The van der Waals surface area contributed by atoms with E-state index in [1.54, 1.807) is 24.3 Å². The van der Waals surface area contributed by atoms with Crippen molar-refractivity contribution in [1.29, 1.82) is 0 Å². The molecule has 26 heavy (non-hydrogen) atoms. The van der Waals surface area contributed by atoms with Crippen LogP contribution < -0.4 is 0 Å². The summed E-state index contributed by atoms with van der Waals surface area (Å²) in [4.78, 5) is 39.0. The van der Waals surface area contributed by atoms with Gasteiger partial charge in [-0.25, -0.2) is 0 Å². The van der Waals surface area contributed by atoms with Gasteiger partial charge in [-0.2, -0.15) is 0 Å². The number of cyclic esters (lactones) is 1. The van der Waals surface area contributed by atoms with Crippen LogP contribution in [0.15, 0.2) is 30.3 Å². The maximum atomic E-state index is 13.1. The number of fused-ring (bicyclic) bond motifs is 1. The van der Waals surface area contributed by atoms with Crippen molar-refractivity contribution in [3.8, 4) is 0 Å². The summed E-state index contributed by atoms with van der Waals surface area (Å²) in [5.74, 6) is -1.61. The number of Topliss-reactive ketones (excluding diaryl/α,β-unsaturated/α-hetero) is 1. The fourth-order valence-corrected chi connectivity index (χ4v) is 5.18. The Hall–Kier alpha value is -2.17. The Balaban J connectivity index is 1.77. The van der Waals surface area contributed by atoms with Gasteiger partial charge in [-0.05, 0) is 46.0 Å². The van der Waals surface area contributed by atoms with Gasteiger partial charge in [-0.1, -0.05) is 30.3 Å². The van der Waals surface area contributed by atoms with E-state index in [-0.39, 0.29) is 24.0 Å². The summed E-state index contributed by atoms with van der Waals surface area (Å²) in [5.41, 5.74) is -2.22. The van der Waals surface area contributed by atoms with Crippen LogP contribution in [-0.4, -0.2) is 28.9 Å². The first-order valence-electron chi connectivity index (χ1n) is 9.23. The van der Waals surface area contributed by atoms with Gasteiger partial charge >= 0.3 is 11.9 Å². The van der Waals surface area contributed by atoms with Gasteiger partial charge in [0.15, 0.2) is 11.2 Å². The Bertz CT molecular complexity index is 773. The molecular formula is C21H24O5. The van der Waals surface area contributed by atoms with Crippen molar-refractivity contribution in [2.75, 3.05) is 0 Å². The minimum atomic E-state index is -1.52. The van der Waals surface area contributed by atoms with E-state index in [1.165, 1.54) is 0 Å². The predicted molar refractivity (Wildman–Crippen MR) is 93.3 cm³/mol. The summed E-state index contributed by atoms with van der Waals surface area (Å²) in [7, 11) is 0. The van der Waals surface area contributed by atoms with Gasteiger partial charge in [-0.3, -0.25) is 14.4 Å². The molecule has 2 bridgehead atoms. The molecular weight excluding hydrogens is 332 g/mol. The highest BCUT2D eigenvalue weighted by molar-refractivity contribution is 6.08. The standard InChI is InChI=1S/C21H24O5/c1-19(2)14-9-10-20(3)11-15(14)21(17(23)25-19,18(24)26-20)12-16(22)13-7-5-4-6-8-13/h4-8,14-15H,9-12H2,1-3H3/t14-,15+,20+,21-/m0/s1. The van der Waals surface area contributed by atoms with Gasteiger partial charge in [0.25, 0.3) is 0 Å². The molecule has 4 rings (SSSR count). The van der Waals surface area contributed by atoms with Crippen LogP contribution in [0, 0.1) is 17.3 Å². The van der Waals surface area contributed by atoms with Crippen molar-refractivity contribution in [3.05, 3.63) is 35.9 Å². The number of ketones is 1. The molecule has 0 aromatic heterocycles. The number of ether oxygens (including phenoxy) is 2. The summed E-state index contributed by atoms with van der Waals surface area (Å²) in [6, 6.07) is 8.77. The first-order valence-corrected chi connectivity index (χ1v) is 9.23. The molecule has 3 fully saturated rings. The number of rotatable bonds is 3. The van der Waals surface area contributed by atoms with Gasteiger partial charge in [0.05, 0.1) is 0 Å². The molecule has 0 radical (unpaired) electrons. The molecule has 1 aromatic carbocycles. The highest BCUT2D eigenvalue weighted by Gasteiger charge is 2.70. The zero-order valence-corrected chi connectivity index (χ0v) is 15.4. The van der Waals surface area contributed by atoms with Crippen LogP contribution in [0.4, 0.5) is 0 Å². The molecule has 0 spiro atoms. The number of carbonyl (C=O) groups is 3. The van der Waals surface area contributed by atoms with Crippen LogP contribution in [0.3, 0.4) is 0 Å². The molecule has 3 aliphatic rings. The van der Waals surface area contributed by atoms with Crippen LogP contribution >= 0.6 is 0 Å². The molecule has 4 atom stereocenters. The normalized spacial score (nSPS) is 37.5. The predicted octanol–water partition coefficient (Wildman–Crippen LogP) is 3.31. The summed E-state index contributed by atoms with van der Waals surface area (Å²) in [6.45, 7) is 5.74. The maximum absolute atomic E-state index is 13.1. The quantitative estimate of drug-likeness (QED) is 0.472. The minimum Gasteiger partial charge on any atom is -0.458 e. The van der Waals surface area contributed by atoms with E-state index >= 15 is 0 Å². The number of hydrogen-bond donors (Lipinski definition) is 0. The average molecular weight is 356 g/mol. The number of benzene rings is 1. The van der Waals surface area contributed by atoms with E-state index < -0.39 is 28.6 Å². The Morgan fingerprint density at radius 2 is 1.69 bits per heavy atom. The van der Waals surface area contributed by atoms with Crippen molar-refractivity contribution in [2.24, 2.45) is 17.3 Å². The van der Waals surface area contributed by atoms with E-state index in [4.69, 9.17) is 9.47 Å². The molecule has 0 amide bonds. The van der Waals surface area contributed by atoms with E-state index in [0.717, 1.165) is 12.8 Å². The highest BCUT2D eigenvalue weighted by Crippen LogP contribution is 2.60. The van der Waals surface area contributed by atoms with Crippen molar-refractivity contribution in [3.63, 3.8) is 0 Å².